The minimum atomic E-state index is -0.445. The van der Waals surface area contributed by atoms with Gasteiger partial charge in [-0.1, -0.05) is 24.3 Å². The van der Waals surface area contributed by atoms with E-state index < -0.39 is 5.97 Å². The van der Waals surface area contributed by atoms with E-state index in [0.717, 1.165) is 0 Å². The van der Waals surface area contributed by atoms with E-state index in [0.29, 0.717) is 28.8 Å². The average Bonchev–Trinajstić information content (AvgIpc) is 3.37. The van der Waals surface area contributed by atoms with Crippen LogP contribution in [0.2, 0.25) is 0 Å². The number of rotatable bonds is 4. The first kappa shape index (κ1) is 16.2. The number of ether oxygens (including phenoxy) is 1. The van der Waals surface area contributed by atoms with Gasteiger partial charge < -0.3 is 10.1 Å². The molecule has 0 aliphatic heterocycles. The van der Waals surface area contributed by atoms with Crippen LogP contribution in [0.5, 0.6) is 0 Å². The van der Waals surface area contributed by atoms with Crippen molar-refractivity contribution < 1.29 is 18.7 Å². The second-order valence-electron chi connectivity index (χ2n) is 5.93. The molecule has 2 aromatic carbocycles. The van der Waals surface area contributed by atoms with Gasteiger partial charge in [0.25, 0.3) is 0 Å². The molecule has 0 bridgehead atoms. The van der Waals surface area contributed by atoms with Gasteiger partial charge in [0.2, 0.25) is 5.91 Å². The molecule has 0 aromatic heterocycles. The van der Waals surface area contributed by atoms with E-state index in [1.807, 2.05) is 0 Å². The summed E-state index contributed by atoms with van der Waals surface area (Å²) in [6, 6.07) is 11.6. The number of carbonyl (C=O) groups is 2. The zero-order chi connectivity index (χ0) is 17.3. The summed E-state index contributed by atoms with van der Waals surface area (Å²) in [5.41, 5.74) is 2.22. The summed E-state index contributed by atoms with van der Waals surface area (Å²) >= 11 is 0. The third-order valence-corrected chi connectivity index (χ3v) is 4.43. The molecule has 2 atom stereocenters. The van der Waals surface area contributed by atoms with Crippen LogP contribution in [0.15, 0.2) is 42.5 Å². The predicted molar refractivity (Wildman–Crippen MR) is 88.4 cm³/mol. The number of benzene rings is 2. The Bertz CT molecular complexity index is 803. The fraction of sp³-hybridized carbons (Fsp3) is 0.263. The van der Waals surface area contributed by atoms with Gasteiger partial charge in [0, 0.05) is 11.6 Å². The first-order valence-electron chi connectivity index (χ1n) is 7.76. The van der Waals surface area contributed by atoms with E-state index in [9.17, 15) is 14.0 Å². The van der Waals surface area contributed by atoms with E-state index in [-0.39, 0.29) is 23.6 Å². The lowest BCUT2D eigenvalue weighted by Gasteiger charge is -2.11. The fourth-order valence-electron chi connectivity index (χ4n) is 2.93. The van der Waals surface area contributed by atoms with Crippen molar-refractivity contribution in [2.45, 2.75) is 19.3 Å². The molecule has 1 aliphatic carbocycles. The highest BCUT2D eigenvalue weighted by Crippen LogP contribution is 2.48. The fourth-order valence-corrected chi connectivity index (χ4v) is 2.93. The number of halogens is 1. The number of carbonyl (C=O) groups excluding carboxylic acids is 2. The molecular formula is C19H18FNO3. The van der Waals surface area contributed by atoms with Crippen LogP contribution in [0, 0.1) is 18.7 Å². The molecule has 0 spiro atoms. The Morgan fingerprint density at radius 3 is 2.62 bits per heavy atom. The molecule has 2 unspecified atom stereocenters. The van der Waals surface area contributed by atoms with Crippen LogP contribution in [0.25, 0.3) is 0 Å². The standard InChI is InChI=1S/C19H18FNO3/c1-11-12(19(23)24-2)7-5-9-17(11)21-18(22)15-10-14(15)13-6-3-4-8-16(13)20/h3-9,14-15H,10H2,1-2H3,(H,21,22). The van der Waals surface area contributed by atoms with E-state index in [1.54, 1.807) is 43.3 Å². The largest absolute Gasteiger partial charge is 0.465 e. The molecule has 3 rings (SSSR count). The molecule has 4 nitrogen and oxygen atoms in total. The van der Waals surface area contributed by atoms with Gasteiger partial charge in [0.1, 0.15) is 5.82 Å². The van der Waals surface area contributed by atoms with Crippen molar-refractivity contribution in [2.75, 3.05) is 12.4 Å². The van der Waals surface area contributed by atoms with Gasteiger partial charge in [0.15, 0.2) is 0 Å². The van der Waals surface area contributed by atoms with Crippen LogP contribution in [-0.2, 0) is 9.53 Å². The highest BCUT2D eigenvalue weighted by molar-refractivity contribution is 5.98. The van der Waals surface area contributed by atoms with E-state index in [4.69, 9.17) is 4.74 Å². The second kappa shape index (κ2) is 6.43. The Morgan fingerprint density at radius 2 is 1.92 bits per heavy atom. The molecule has 1 amide bonds. The molecule has 124 valence electrons. The van der Waals surface area contributed by atoms with Crippen molar-refractivity contribution in [1.82, 2.24) is 0 Å². The zero-order valence-corrected chi connectivity index (χ0v) is 13.5. The minimum Gasteiger partial charge on any atom is -0.465 e. The maximum absolute atomic E-state index is 13.8. The number of methoxy groups -OCH3 is 1. The molecule has 0 saturated heterocycles. The molecule has 1 N–H and O–H groups in total. The third kappa shape index (κ3) is 3.02. The SMILES string of the molecule is COC(=O)c1cccc(NC(=O)C2CC2c2ccccc2F)c1C. The molecule has 1 saturated carbocycles. The lowest BCUT2D eigenvalue weighted by Crippen LogP contribution is -2.16. The Balaban J connectivity index is 1.73. The lowest BCUT2D eigenvalue weighted by molar-refractivity contribution is -0.117. The van der Waals surface area contributed by atoms with Gasteiger partial charge in [-0.3, -0.25) is 4.79 Å². The summed E-state index contributed by atoms with van der Waals surface area (Å²) in [7, 11) is 1.32. The van der Waals surface area contributed by atoms with Crippen LogP contribution < -0.4 is 5.32 Å². The Morgan fingerprint density at radius 1 is 1.17 bits per heavy atom. The van der Waals surface area contributed by atoms with E-state index >= 15 is 0 Å². The van der Waals surface area contributed by atoms with Crippen LogP contribution in [0.3, 0.4) is 0 Å². The van der Waals surface area contributed by atoms with Crippen LogP contribution in [0.1, 0.15) is 33.8 Å². The van der Waals surface area contributed by atoms with Crippen molar-refractivity contribution in [2.24, 2.45) is 5.92 Å². The highest BCUT2D eigenvalue weighted by atomic mass is 19.1. The number of hydrogen-bond acceptors (Lipinski definition) is 3. The monoisotopic (exact) mass is 327 g/mol. The maximum atomic E-state index is 13.8. The highest BCUT2D eigenvalue weighted by Gasteiger charge is 2.45. The van der Waals surface area contributed by atoms with Crippen molar-refractivity contribution in [3.05, 3.63) is 65.0 Å². The number of esters is 1. The van der Waals surface area contributed by atoms with Crippen molar-refractivity contribution >= 4 is 17.6 Å². The van der Waals surface area contributed by atoms with Crippen LogP contribution in [-0.4, -0.2) is 19.0 Å². The molecule has 24 heavy (non-hydrogen) atoms. The molecular weight excluding hydrogens is 309 g/mol. The Kier molecular flexibility index (Phi) is 4.34. The molecule has 2 aromatic rings. The predicted octanol–water partition coefficient (Wildman–Crippen LogP) is 3.66. The van der Waals surface area contributed by atoms with E-state index in [1.165, 1.54) is 13.2 Å². The quantitative estimate of drug-likeness (QED) is 0.872. The van der Waals surface area contributed by atoms with Gasteiger partial charge in [-0.15, -0.1) is 0 Å². The van der Waals surface area contributed by atoms with Crippen LogP contribution >= 0.6 is 0 Å². The van der Waals surface area contributed by atoms with E-state index in [2.05, 4.69) is 5.32 Å². The molecule has 1 aliphatic rings. The molecule has 0 heterocycles. The van der Waals surface area contributed by atoms with Gasteiger partial charge in [-0.2, -0.15) is 0 Å². The number of hydrogen-bond donors (Lipinski definition) is 1. The normalized spacial score (nSPS) is 18.8. The van der Waals surface area contributed by atoms with Crippen molar-refractivity contribution in [1.29, 1.82) is 0 Å². The second-order valence-corrected chi connectivity index (χ2v) is 5.93. The summed E-state index contributed by atoms with van der Waals surface area (Å²) in [5, 5.41) is 2.84. The van der Waals surface area contributed by atoms with Crippen molar-refractivity contribution in [3.63, 3.8) is 0 Å². The smallest absolute Gasteiger partial charge is 0.338 e. The summed E-state index contributed by atoms with van der Waals surface area (Å²) in [5.74, 6) is -1.22. The Labute approximate surface area is 139 Å². The maximum Gasteiger partial charge on any atom is 0.338 e. The molecule has 5 heteroatoms. The third-order valence-electron chi connectivity index (χ3n) is 4.43. The summed E-state index contributed by atoms with van der Waals surface area (Å²) in [6.45, 7) is 1.75. The van der Waals surface area contributed by atoms with Crippen LogP contribution in [0.4, 0.5) is 10.1 Å². The first-order valence-corrected chi connectivity index (χ1v) is 7.76. The molecule has 1 fully saturated rings. The lowest BCUT2D eigenvalue weighted by atomic mass is 10.1. The zero-order valence-electron chi connectivity index (χ0n) is 13.5. The van der Waals surface area contributed by atoms with Gasteiger partial charge in [-0.05, 0) is 48.6 Å². The average molecular weight is 327 g/mol. The number of nitrogens with one attached hydrogen (secondary N) is 1. The number of amides is 1. The summed E-state index contributed by atoms with van der Waals surface area (Å²) in [4.78, 5) is 24.1. The first-order chi connectivity index (χ1) is 11.5. The van der Waals surface area contributed by atoms with Gasteiger partial charge in [-0.25, -0.2) is 9.18 Å². The molecule has 0 radical (unpaired) electrons. The van der Waals surface area contributed by atoms with Gasteiger partial charge in [0.05, 0.1) is 12.7 Å². The minimum absolute atomic E-state index is 0.0877. The van der Waals surface area contributed by atoms with Gasteiger partial charge >= 0.3 is 5.97 Å². The summed E-state index contributed by atoms with van der Waals surface area (Å²) < 4.78 is 18.5. The Hall–Kier alpha value is -2.69. The topological polar surface area (TPSA) is 55.4 Å². The number of anilines is 1. The van der Waals surface area contributed by atoms with Crippen molar-refractivity contribution in [3.8, 4) is 0 Å². The summed E-state index contributed by atoms with van der Waals surface area (Å²) in [6.07, 6.45) is 0.627.